The van der Waals surface area contributed by atoms with Crippen molar-refractivity contribution in [2.75, 3.05) is 0 Å². The molecule has 1 unspecified atom stereocenters. The number of hydrogen-bond donors (Lipinski definition) is 2. The van der Waals surface area contributed by atoms with E-state index in [-0.39, 0.29) is 0 Å². The molecule has 19 heavy (non-hydrogen) atoms. The molecule has 0 aliphatic carbocycles. The third-order valence-corrected chi connectivity index (χ3v) is 3.45. The monoisotopic (exact) mass is 255 g/mol. The number of rotatable bonds is 4. The third-order valence-electron chi connectivity index (χ3n) is 3.45. The molecule has 0 spiro atoms. The van der Waals surface area contributed by atoms with Gasteiger partial charge in [0.1, 0.15) is 6.10 Å². The third kappa shape index (κ3) is 3.22. The summed E-state index contributed by atoms with van der Waals surface area (Å²) in [6.45, 7) is 4.85. The zero-order chi connectivity index (χ0) is 13.8. The molecule has 0 aromatic heterocycles. The van der Waals surface area contributed by atoms with Crippen molar-refractivity contribution in [3.8, 4) is 0 Å². The summed E-state index contributed by atoms with van der Waals surface area (Å²) >= 11 is 0. The van der Waals surface area contributed by atoms with E-state index in [4.69, 9.17) is 5.73 Å². The van der Waals surface area contributed by atoms with Crippen molar-refractivity contribution >= 4 is 0 Å². The highest BCUT2D eigenvalue weighted by atomic mass is 16.3. The second kappa shape index (κ2) is 6.00. The topological polar surface area (TPSA) is 46.2 Å². The van der Waals surface area contributed by atoms with Gasteiger partial charge in [0.05, 0.1) is 0 Å². The average Bonchev–Trinajstić information content (AvgIpc) is 2.46. The molecule has 2 heteroatoms. The van der Waals surface area contributed by atoms with Crippen molar-refractivity contribution < 1.29 is 5.11 Å². The Labute approximate surface area is 114 Å². The molecule has 0 fully saturated rings. The molecule has 3 N–H and O–H groups in total. The van der Waals surface area contributed by atoms with Crippen molar-refractivity contribution in [2.45, 2.75) is 32.4 Å². The van der Waals surface area contributed by atoms with E-state index in [1.54, 1.807) is 0 Å². The lowest BCUT2D eigenvalue weighted by Gasteiger charge is -2.13. The Morgan fingerprint density at radius 1 is 0.842 bits per heavy atom. The Morgan fingerprint density at radius 3 is 1.68 bits per heavy atom. The summed E-state index contributed by atoms with van der Waals surface area (Å²) in [4.78, 5) is 0. The Morgan fingerprint density at radius 2 is 1.26 bits per heavy atom. The molecule has 0 aliphatic heterocycles. The van der Waals surface area contributed by atoms with Gasteiger partial charge in [0.2, 0.25) is 0 Å². The van der Waals surface area contributed by atoms with Crippen LogP contribution in [0.3, 0.4) is 0 Å². The van der Waals surface area contributed by atoms with Gasteiger partial charge in [-0.05, 0) is 28.2 Å². The summed E-state index contributed by atoms with van der Waals surface area (Å²) in [6.07, 6.45) is -0.576. The van der Waals surface area contributed by atoms with Gasteiger partial charge in [-0.25, -0.2) is 0 Å². The predicted octanol–water partition coefficient (Wildman–Crippen LogP) is 3.35. The molecular formula is C17H21NO. The molecule has 2 rings (SSSR count). The maximum absolute atomic E-state index is 10.4. The number of aliphatic hydroxyl groups is 1. The summed E-state index contributed by atoms with van der Waals surface area (Å²) in [5.74, 6) is 0.509. The predicted molar refractivity (Wildman–Crippen MR) is 78.9 cm³/mol. The van der Waals surface area contributed by atoms with Crippen LogP contribution >= 0.6 is 0 Å². The second-order valence-corrected chi connectivity index (χ2v) is 5.17. The summed E-state index contributed by atoms with van der Waals surface area (Å²) in [5.41, 5.74) is 9.75. The standard InChI is InChI=1S/C17H21NO/c1-12(2)14-7-9-16(10-8-14)17(19)15-5-3-13(11-18)4-6-15/h3-10,12,17,19H,11,18H2,1-2H3. The van der Waals surface area contributed by atoms with E-state index in [1.807, 2.05) is 36.4 Å². The molecule has 2 nitrogen and oxygen atoms in total. The molecule has 2 aromatic carbocycles. The molecule has 0 saturated heterocycles. The highest BCUT2D eigenvalue weighted by Crippen LogP contribution is 2.24. The summed E-state index contributed by atoms with van der Waals surface area (Å²) in [6, 6.07) is 15.9. The fourth-order valence-electron chi connectivity index (χ4n) is 2.09. The first-order chi connectivity index (χ1) is 9.11. The van der Waals surface area contributed by atoms with Crippen LogP contribution in [0.4, 0.5) is 0 Å². The summed E-state index contributed by atoms with van der Waals surface area (Å²) in [5, 5.41) is 10.4. The van der Waals surface area contributed by atoms with Crippen LogP contribution in [0.1, 0.15) is 48.1 Å². The molecule has 100 valence electrons. The molecular weight excluding hydrogens is 234 g/mol. The number of nitrogens with two attached hydrogens (primary N) is 1. The molecule has 2 aromatic rings. The van der Waals surface area contributed by atoms with E-state index in [9.17, 15) is 5.11 Å². The first kappa shape index (κ1) is 13.8. The fourth-order valence-corrected chi connectivity index (χ4v) is 2.09. The lowest BCUT2D eigenvalue weighted by molar-refractivity contribution is 0.220. The second-order valence-electron chi connectivity index (χ2n) is 5.17. The first-order valence-electron chi connectivity index (χ1n) is 6.68. The van der Waals surface area contributed by atoms with E-state index in [1.165, 1.54) is 5.56 Å². The van der Waals surface area contributed by atoms with Crippen molar-refractivity contribution in [3.05, 3.63) is 70.8 Å². The van der Waals surface area contributed by atoms with E-state index in [0.29, 0.717) is 12.5 Å². The van der Waals surface area contributed by atoms with Crippen molar-refractivity contribution in [1.82, 2.24) is 0 Å². The molecule has 0 bridgehead atoms. The van der Waals surface area contributed by atoms with Crippen LogP contribution in [0.25, 0.3) is 0 Å². The molecule has 0 heterocycles. The van der Waals surface area contributed by atoms with Crippen molar-refractivity contribution in [2.24, 2.45) is 5.73 Å². The minimum Gasteiger partial charge on any atom is -0.384 e. The van der Waals surface area contributed by atoms with Gasteiger partial charge in [-0.3, -0.25) is 0 Å². The average molecular weight is 255 g/mol. The Kier molecular flexibility index (Phi) is 4.35. The zero-order valence-electron chi connectivity index (χ0n) is 11.5. The highest BCUT2D eigenvalue weighted by molar-refractivity contribution is 5.34. The summed E-state index contributed by atoms with van der Waals surface area (Å²) < 4.78 is 0. The van der Waals surface area contributed by atoms with Crippen molar-refractivity contribution in [1.29, 1.82) is 0 Å². The lowest BCUT2D eigenvalue weighted by Crippen LogP contribution is -2.01. The van der Waals surface area contributed by atoms with Crippen LogP contribution in [0, 0.1) is 0 Å². The zero-order valence-corrected chi connectivity index (χ0v) is 11.5. The molecule has 0 saturated carbocycles. The normalized spacial score (nSPS) is 12.7. The van der Waals surface area contributed by atoms with Gasteiger partial charge >= 0.3 is 0 Å². The minimum absolute atomic E-state index is 0.509. The summed E-state index contributed by atoms with van der Waals surface area (Å²) in [7, 11) is 0. The molecule has 0 radical (unpaired) electrons. The van der Waals surface area contributed by atoms with Crippen LogP contribution in [0.5, 0.6) is 0 Å². The number of hydrogen-bond acceptors (Lipinski definition) is 2. The number of aliphatic hydroxyl groups excluding tert-OH is 1. The Bertz CT molecular complexity index is 514. The van der Waals surface area contributed by atoms with Gasteiger partial charge in [0.15, 0.2) is 0 Å². The molecule has 0 amide bonds. The van der Waals surface area contributed by atoms with Gasteiger partial charge in [-0.2, -0.15) is 0 Å². The Hall–Kier alpha value is -1.64. The largest absolute Gasteiger partial charge is 0.384 e. The Balaban J connectivity index is 2.20. The molecule has 1 atom stereocenters. The smallest absolute Gasteiger partial charge is 0.104 e. The first-order valence-corrected chi connectivity index (χ1v) is 6.68. The lowest BCUT2D eigenvalue weighted by atomic mass is 9.96. The fraction of sp³-hybridized carbons (Fsp3) is 0.294. The van der Waals surface area contributed by atoms with Gasteiger partial charge < -0.3 is 10.8 Å². The SMILES string of the molecule is CC(C)c1ccc(C(O)c2ccc(CN)cc2)cc1. The van der Waals surface area contributed by atoms with Crippen LogP contribution in [0.2, 0.25) is 0 Å². The number of benzene rings is 2. The van der Waals surface area contributed by atoms with E-state index < -0.39 is 6.10 Å². The van der Waals surface area contributed by atoms with Crippen LogP contribution in [-0.2, 0) is 6.54 Å². The van der Waals surface area contributed by atoms with Crippen LogP contribution < -0.4 is 5.73 Å². The van der Waals surface area contributed by atoms with Gasteiger partial charge in [0.25, 0.3) is 0 Å². The van der Waals surface area contributed by atoms with Gasteiger partial charge in [0, 0.05) is 6.54 Å². The maximum atomic E-state index is 10.4. The highest BCUT2D eigenvalue weighted by Gasteiger charge is 2.10. The van der Waals surface area contributed by atoms with E-state index in [0.717, 1.165) is 16.7 Å². The quantitative estimate of drug-likeness (QED) is 0.880. The van der Waals surface area contributed by atoms with Crippen LogP contribution in [0.15, 0.2) is 48.5 Å². The molecule has 0 aliphatic rings. The van der Waals surface area contributed by atoms with Crippen molar-refractivity contribution in [3.63, 3.8) is 0 Å². The van der Waals surface area contributed by atoms with E-state index >= 15 is 0 Å². The maximum Gasteiger partial charge on any atom is 0.104 e. The minimum atomic E-state index is -0.576. The van der Waals surface area contributed by atoms with Crippen LogP contribution in [-0.4, -0.2) is 5.11 Å². The van der Waals surface area contributed by atoms with Gasteiger partial charge in [-0.1, -0.05) is 62.4 Å². The van der Waals surface area contributed by atoms with E-state index in [2.05, 4.69) is 26.0 Å². The van der Waals surface area contributed by atoms with Gasteiger partial charge in [-0.15, -0.1) is 0 Å².